The number of pyridine rings is 1. The summed E-state index contributed by atoms with van der Waals surface area (Å²) in [5.74, 6) is 1.06. The molecule has 3 rings (SSSR count). The van der Waals surface area contributed by atoms with E-state index in [9.17, 15) is 0 Å². The Morgan fingerprint density at radius 2 is 2.14 bits per heavy atom. The summed E-state index contributed by atoms with van der Waals surface area (Å²) in [4.78, 5) is 7.22. The van der Waals surface area contributed by atoms with Gasteiger partial charge in [-0.15, -0.1) is 0 Å². The summed E-state index contributed by atoms with van der Waals surface area (Å²) in [5.41, 5.74) is 7.48. The first-order valence-electron chi connectivity index (χ1n) is 7.64. The minimum Gasteiger partial charge on any atom is -0.384 e. The molecule has 4 nitrogen and oxygen atoms in total. The number of nitrogens with zero attached hydrogens (tertiary/aromatic N) is 2. The average Bonchev–Trinajstić information content (AvgIpc) is 2.86. The van der Waals surface area contributed by atoms with E-state index in [0.29, 0.717) is 12.1 Å². The number of nitrogens with two attached hydrogens (primary N) is 1. The average molecular weight is 282 g/mol. The van der Waals surface area contributed by atoms with Crippen LogP contribution in [0.5, 0.6) is 0 Å². The number of hydrogen-bond donors (Lipinski definition) is 2. The van der Waals surface area contributed by atoms with Gasteiger partial charge in [-0.05, 0) is 38.3 Å². The number of anilines is 1. The molecule has 4 heteroatoms. The molecule has 0 amide bonds. The third-order valence-corrected chi connectivity index (χ3v) is 4.51. The summed E-state index contributed by atoms with van der Waals surface area (Å²) in [5, 5.41) is 8.81. The van der Waals surface area contributed by atoms with Crippen molar-refractivity contribution in [2.24, 2.45) is 5.73 Å². The topological polar surface area (TPSA) is 66.0 Å². The number of nitrogens with one attached hydrogen (secondary N) is 1. The highest BCUT2D eigenvalue weighted by Gasteiger charge is 2.30. The van der Waals surface area contributed by atoms with Crippen LogP contribution in [0.15, 0.2) is 30.3 Å². The zero-order valence-electron chi connectivity index (χ0n) is 12.6. The Morgan fingerprint density at radius 1 is 1.38 bits per heavy atom. The van der Waals surface area contributed by atoms with E-state index < -0.39 is 0 Å². The van der Waals surface area contributed by atoms with Gasteiger partial charge in [-0.1, -0.05) is 25.1 Å². The number of amidine groups is 1. The van der Waals surface area contributed by atoms with Crippen LogP contribution >= 0.6 is 0 Å². The predicted octanol–water partition coefficient (Wildman–Crippen LogP) is 3.29. The molecule has 0 bridgehead atoms. The van der Waals surface area contributed by atoms with E-state index in [1.807, 2.05) is 30.3 Å². The van der Waals surface area contributed by atoms with Crippen LogP contribution in [0, 0.1) is 5.41 Å². The number of hydrogen-bond acceptors (Lipinski definition) is 3. The molecule has 0 radical (unpaired) electrons. The molecule has 0 aliphatic carbocycles. The van der Waals surface area contributed by atoms with Crippen molar-refractivity contribution >= 4 is 22.6 Å². The van der Waals surface area contributed by atoms with Crippen LogP contribution in [0.2, 0.25) is 0 Å². The molecule has 1 aromatic heterocycles. The zero-order valence-corrected chi connectivity index (χ0v) is 12.6. The highest BCUT2D eigenvalue weighted by atomic mass is 15.3. The van der Waals surface area contributed by atoms with Gasteiger partial charge in [0.05, 0.1) is 5.52 Å². The molecule has 1 fully saturated rings. The Labute approximate surface area is 125 Å². The van der Waals surface area contributed by atoms with Gasteiger partial charge >= 0.3 is 0 Å². The molecule has 1 aliphatic heterocycles. The van der Waals surface area contributed by atoms with Gasteiger partial charge in [0, 0.05) is 23.0 Å². The maximum Gasteiger partial charge on any atom is 0.130 e. The minimum atomic E-state index is 0.106. The van der Waals surface area contributed by atoms with Crippen LogP contribution in [0.3, 0.4) is 0 Å². The van der Waals surface area contributed by atoms with Crippen molar-refractivity contribution in [1.82, 2.24) is 4.98 Å². The quantitative estimate of drug-likeness (QED) is 0.670. The molecular formula is C17H22N4. The maximum atomic E-state index is 7.86. The van der Waals surface area contributed by atoms with E-state index in [2.05, 4.69) is 18.7 Å². The van der Waals surface area contributed by atoms with E-state index in [1.54, 1.807) is 0 Å². The molecule has 1 saturated heterocycles. The SMILES string of the molecule is CCC1CCC(C)N1c1cc(C(=N)N)c2ccccc2n1. The molecule has 0 saturated carbocycles. The molecule has 2 aromatic rings. The van der Waals surface area contributed by atoms with Gasteiger partial charge in [0.1, 0.15) is 11.7 Å². The van der Waals surface area contributed by atoms with Crippen molar-refractivity contribution in [3.05, 3.63) is 35.9 Å². The second-order valence-corrected chi connectivity index (χ2v) is 5.85. The van der Waals surface area contributed by atoms with E-state index in [0.717, 1.165) is 28.7 Å². The highest BCUT2D eigenvalue weighted by molar-refractivity contribution is 6.07. The molecule has 21 heavy (non-hydrogen) atoms. The smallest absolute Gasteiger partial charge is 0.130 e. The van der Waals surface area contributed by atoms with Gasteiger partial charge in [0.2, 0.25) is 0 Å². The van der Waals surface area contributed by atoms with Crippen LogP contribution in [0.1, 0.15) is 38.7 Å². The van der Waals surface area contributed by atoms with E-state index >= 15 is 0 Å². The van der Waals surface area contributed by atoms with Gasteiger partial charge in [0.25, 0.3) is 0 Å². The van der Waals surface area contributed by atoms with Crippen molar-refractivity contribution in [1.29, 1.82) is 5.41 Å². The molecule has 2 atom stereocenters. The minimum absolute atomic E-state index is 0.106. The van der Waals surface area contributed by atoms with Gasteiger partial charge in [-0.2, -0.15) is 0 Å². The van der Waals surface area contributed by atoms with Crippen LogP contribution in [-0.2, 0) is 0 Å². The summed E-state index contributed by atoms with van der Waals surface area (Å²) in [6.45, 7) is 4.47. The summed E-state index contributed by atoms with van der Waals surface area (Å²) in [6, 6.07) is 10.9. The largest absolute Gasteiger partial charge is 0.384 e. The molecule has 0 spiro atoms. The van der Waals surface area contributed by atoms with E-state index in [1.165, 1.54) is 12.8 Å². The molecule has 3 N–H and O–H groups in total. The molecular weight excluding hydrogens is 260 g/mol. The normalized spacial score (nSPS) is 21.9. The lowest BCUT2D eigenvalue weighted by Gasteiger charge is -2.29. The number of rotatable bonds is 3. The number of benzene rings is 1. The lowest BCUT2D eigenvalue weighted by atomic mass is 10.1. The van der Waals surface area contributed by atoms with Crippen LogP contribution < -0.4 is 10.6 Å². The van der Waals surface area contributed by atoms with Crippen LogP contribution in [-0.4, -0.2) is 22.9 Å². The highest BCUT2D eigenvalue weighted by Crippen LogP contribution is 2.33. The summed E-state index contributed by atoms with van der Waals surface area (Å²) in [6.07, 6.45) is 3.53. The third kappa shape index (κ3) is 2.35. The fraction of sp³-hybridized carbons (Fsp3) is 0.412. The summed E-state index contributed by atoms with van der Waals surface area (Å²) < 4.78 is 0. The van der Waals surface area contributed by atoms with Gasteiger partial charge in [-0.25, -0.2) is 4.98 Å². The first kappa shape index (κ1) is 13.9. The Balaban J connectivity index is 2.17. The Kier molecular flexibility index (Phi) is 3.53. The van der Waals surface area contributed by atoms with Crippen LogP contribution in [0.4, 0.5) is 5.82 Å². The van der Waals surface area contributed by atoms with Crippen molar-refractivity contribution in [2.45, 2.75) is 45.2 Å². The van der Waals surface area contributed by atoms with Gasteiger partial charge in [-0.3, -0.25) is 5.41 Å². The molecule has 2 heterocycles. The number of aromatic nitrogens is 1. The second-order valence-electron chi connectivity index (χ2n) is 5.85. The lowest BCUT2D eigenvalue weighted by Crippen LogP contribution is -2.35. The molecule has 110 valence electrons. The zero-order chi connectivity index (χ0) is 15.0. The van der Waals surface area contributed by atoms with Gasteiger partial charge < -0.3 is 10.6 Å². The summed E-state index contributed by atoms with van der Waals surface area (Å²) >= 11 is 0. The van der Waals surface area contributed by atoms with Crippen molar-refractivity contribution in [2.75, 3.05) is 4.90 Å². The number of para-hydroxylation sites is 1. The molecule has 1 aliphatic rings. The second kappa shape index (κ2) is 5.35. The van der Waals surface area contributed by atoms with Crippen molar-refractivity contribution in [3.63, 3.8) is 0 Å². The Morgan fingerprint density at radius 3 is 2.86 bits per heavy atom. The fourth-order valence-electron chi connectivity index (χ4n) is 3.40. The number of fused-ring (bicyclic) bond motifs is 1. The van der Waals surface area contributed by atoms with Crippen LogP contribution in [0.25, 0.3) is 10.9 Å². The first-order valence-corrected chi connectivity index (χ1v) is 7.64. The standard InChI is InChI=1S/C17H22N4/c1-3-12-9-8-11(2)21(12)16-10-14(17(18)19)13-6-4-5-7-15(13)20-16/h4-7,10-12H,3,8-9H2,1-2H3,(H3,18,19). The predicted molar refractivity (Wildman–Crippen MR) is 88.0 cm³/mol. The lowest BCUT2D eigenvalue weighted by molar-refractivity contribution is 0.622. The van der Waals surface area contributed by atoms with Gasteiger partial charge in [0.15, 0.2) is 0 Å². The first-order chi connectivity index (χ1) is 10.1. The Hall–Kier alpha value is -2.10. The van der Waals surface area contributed by atoms with Crippen molar-refractivity contribution < 1.29 is 0 Å². The Bertz CT molecular complexity index is 680. The monoisotopic (exact) mass is 282 g/mol. The molecule has 1 aromatic carbocycles. The van der Waals surface area contributed by atoms with E-state index in [-0.39, 0.29) is 5.84 Å². The van der Waals surface area contributed by atoms with Crippen molar-refractivity contribution in [3.8, 4) is 0 Å². The van der Waals surface area contributed by atoms with E-state index in [4.69, 9.17) is 16.1 Å². The summed E-state index contributed by atoms with van der Waals surface area (Å²) in [7, 11) is 0. The number of nitrogen functional groups attached to an aromatic ring is 1. The third-order valence-electron chi connectivity index (χ3n) is 4.51. The molecule has 2 unspecified atom stereocenters. The fourth-order valence-corrected chi connectivity index (χ4v) is 3.40. The maximum absolute atomic E-state index is 7.86.